The van der Waals surface area contributed by atoms with E-state index in [1.54, 1.807) is 29.9 Å². The van der Waals surface area contributed by atoms with Crippen LogP contribution in [0, 0.1) is 0 Å². The molecule has 2 N–H and O–H groups in total. The van der Waals surface area contributed by atoms with E-state index in [-0.39, 0.29) is 5.91 Å². The fourth-order valence-electron chi connectivity index (χ4n) is 3.33. The molecular formula is C23H16N4OS. The maximum Gasteiger partial charge on any atom is 0.257 e. The normalized spacial score (nSPS) is 10.9. The Morgan fingerprint density at radius 2 is 1.90 bits per heavy atom. The monoisotopic (exact) mass is 396 g/mol. The van der Waals surface area contributed by atoms with Gasteiger partial charge in [0.2, 0.25) is 0 Å². The minimum Gasteiger partial charge on any atom is -0.345 e. The Morgan fingerprint density at radius 1 is 1.00 bits per heavy atom. The summed E-state index contributed by atoms with van der Waals surface area (Å²) >= 11 is 1.61. The Kier molecular flexibility index (Phi) is 4.38. The van der Waals surface area contributed by atoms with Crippen LogP contribution < -0.4 is 5.32 Å². The number of benzene rings is 1. The number of fused-ring (bicyclic) bond motifs is 1. The molecule has 0 saturated carbocycles. The second-order valence-corrected chi connectivity index (χ2v) is 7.36. The zero-order valence-corrected chi connectivity index (χ0v) is 16.1. The third-order valence-electron chi connectivity index (χ3n) is 4.78. The molecule has 1 amide bonds. The summed E-state index contributed by atoms with van der Waals surface area (Å²) in [7, 11) is 0. The van der Waals surface area contributed by atoms with Gasteiger partial charge in [-0.3, -0.25) is 9.78 Å². The van der Waals surface area contributed by atoms with E-state index in [1.807, 2.05) is 65.5 Å². The number of nitrogens with one attached hydrogen (secondary N) is 2. The Bertz CT molecular complexity index is 1290. The quantitative estimate of drug-likeness (QED) is 0.415. The lowest BCUT2D eigenvalue weighted by atomic mass is 10.1. The van der Waals surface area contributed by atoms with Crippen LogP contribution in [0.5, 0.6) is 0 Å². The molecule has 5 rings (SSSR count). The summed E-state index contributed by atoms with van der Waals surface area (Å²) in [5, 5.41) is 7.85. The highest BCUT2D eigenvalue weighted by molar-refractivity contribution is 7.08. The van der Waals surface area contributed by atoms with E-state index in [4.69, 9.17) is 0 Å². The number of aromatic nitrogens is 3. The number of amides is 1. The second-order valence-electron chi connectivity index (χ2n) is 6.58. The van der Waals surface area contributed by atoms with Crippen molar-refractivity contribution in [2.45, 2.75) is 0 Å². The fourth-order valence-corrected chi connectivity index (χ4v) is 3.99. The summed E-state index contributed by atoms with van der Waals surface area (Å²) < 4.78 is 0. The summed E-state index contributed by atoms with van der Waals surface area (Å²) in [6.07, 6.45) is 6.91. The van der Waals surface area contributed by atoms with E-state index >= 15 is 0 Å². The van der Waals surface area contributed by atoms with Gasteiger partial charge in [-0.1, -0.05) is 30.3 Å². The van der Waals surface area contributed by atoms with Crippen LogP contribution in [-0.2, 0) is 0 Å². The molecule has 0 atom stereocenters. The lowest BCUT2D eigenvalue weighted by Crippen LogP contribution is -2.12. The van der Waals surface area contributed by atoms with Gasteiger partial charge in [-0.25, -0.2) is 4.98 Å². The van der Waals surface area contributed by atoms with Crippen LogP contribution in [0.25, 0.3) is 33.3 Å². The van der Waals surface area contributed by atoms with Gasteiger partial charge >= 0.3 is 0 Å². The lowest BCUT2D eigenvalue weighted by Gasteiger charge is -2.09. The number of pyridine rings is 2. The highest BCUT2D eigenvalue weighted by Gasteiger charge is 2.16. The summed E-state index contributed by atoms with van der Waals surface area (Å²) in [6, 6.07) is 15.9. The SMILES string of the molecule is O=C(Nc1cnccc1-c1ccsc1)c1c[nH]c2ncc(-c3ccccc3)cc12. The molecule has 0 aliphatic heterocycles. The summed E-state index contributed by atoms with van der Waals surface area (Å²) in [4.78, 5) is 24.8. The van der Waals surface area contributed by atoms with E-state index in [9.17, 15) is 4.79 Å². The third-order valence-corrected chi connectivity index (χ3v) is 5.47. The van der Waals surface area contributed by atoms with Crippen molar-refractivity contribution in [3.63, 3.8) is 0 Å². The van der Waals surface area contributed by atoms with Crippen molar-refractivity contribution in [2.75, 3.05) is 5.32 Å². The molecule has 0 bridgehead atoms. The topological polar surface area (TPSA) is 70.7 Å². The highest BCUT2D eigenvalue weighted by atomic mass is 32.1. The predicted molar refractivity (Wildman–Crippen MR) is 117 cm³/mol. The van der Waals surface area contributed by atoms with Gasteiger partial charge in [0.25, 0.3) is 5.91 Å². The van der Waals surface area contributed by atoms with Crippen molar-refractivity contribution in [1.82, 2.24) is 15.0 Å². The molecule has 0 saturated heterocycles. The molecule has 29 heavy (non-hydrogen) atoms. The predicted octanol–water partition coefficient (Wildman–Crippen LogP) is 5.61. The first-order chi connectivity index (χ1) is 14.3. The van der Waals surface area contributed by atoms with Crippen LogP contribution >= 0.6 is 11.3 Å². The number of nitrogens with zero attached hydrogens (tertiary/aromatic N) is 2. The Labute approximate surface area is 171 Å². The molecule has 4 heterocycles. The van der Waals surface area contributed by atoms with Gasteiger partial charge in [0.05, 0.1) is 17.4 Å². The maximum atomic E-state index is 13.1. The first-order valence-corrected chi connectivity index (χ1v) is 10.0. The van der Waals surface area contributed by atoms with Crippen molar-refractivity contribution in [2.24, 2.45) is 0 Å². The minimum atomic E-state index is -0.201. The molecule has 5 nitrogen and oxygen atoms in total. The van der Waals surface area contributed by atoms with Gasteiger partial charge in [0, 0.05) is 35.1 Å². The van der Waals surface area contributed by atoms with Crippen LogP contribution in [0.3, 0.4) is 0 Å². The molecule has 0 fully saturated rings. The van der Waals surface area contributed by atoms with Crippen molar-refractivity contribution in [3.8, 4) is 22.3 Å². The van der Waals surface area contributed by atoms with Crippen molar-refractivity contribution < 1.29 is 4.79 Å². The molecule has 6 heteroatoms. The second kappa shape index (κ2) is 7.33. The molecular weight excluding hydrogens is 380 g/mol. The van der Waals surface area contributed by atoms with Crippen LogP contribution in [0.1, 0.15) is 10.4 Å². The number of hydrogen-bond acceptors (Lipinski definition) is 4. The molecule has 0 aliphatic rings. The molecule has 4 aromatic heterocycles. The van der Waals surface area contributed by atoms with Crippen LogP contribution in [0.15, 0.2) is 84.1 Å². The fraction of sp³-hybridized carbons (Fsp3) is 0. The molecule has 0 spiro atoms. The molecule has 0 aliphatic carbocycles. The summed E-state index contributed by atoms with van der Waals surface area (Å²) in [5.41, 5.74) is 5.92. The third kappa shape index (κ3) is 3.30. The zero-order chi connectivity index (χ0) is 19.6. The van der Waals surface area contributed by atoms with E-state index in [1.165, 1.54) is 0 Å². The Balaban J connectivity index is 1.51. The molecule has 0 unspecified atom stereocenters. The minimum absolute atomic E-state index is 0.201. The van der Waals surface area contributed by atoms with Gasteiger partial charge in [-0.2, -0.15) is 11.3 Å². The van der Waals surface area contributed by atoms with Gasteiger partial charge in [-0.05, 0) is 40.1 Å². The van der Waals surface area contributed by atoms with E-state index in [0.29, 0.717) is 16.9 Å². The van der Waals surface area contributed by atoms with E-state index in [0.717, 1.165) is 27.6 Å². The number of carbonyl (C=O) groups excluding carboxylic acids is 1. The number of rotatable bonds is 4. The highest BCUT2D eigenvalue weighted by Crippen LogP contribution is 2.30. The number of hydrogen-bond donors (Lipinski definition) is 2. The molecule has 140 valence electrons. The van der Waals surface area contributed by atoms with E-state index in [2.05, 4.69) is 20.3 Å². The van der Waals surface area contributed by atoms with Crippen molar-refractivity contribution >= 4 is 34.0 Å². The first-order valence-electron chi connectivity index (χ1n) is 9.10. The van der Waals surface area contributed by atoms with Gasteiger partial charge in [0.15, 0.2) is 0 Å². The molecule has 5 aromatic rings. The molecule has 1 aromatic carbocycles. The zero-order valence-electron chi connectivity index (χ0n) is 15.3. The Hall–Kier alpha value is -3.77. The maximum absolute atomic E-state index is 13.1. The number of anilines is 1. The van der Waals surface area contributed by atoms with Gasteiger partial charge < -0.3 is 10.3 Å². The smallest absolute Gasteiger partial charge is 0.257 e. The number of thiophene rings is 1. The standard InChI is InChI=1S/C23H16N4OS/c28-23(27-21-13-24-8-6-18(21)16-7-9-29-14-16)20-12-26-22-19(20)10-17(11-25-22)15-4-2-1-3-5-15/h1-14H,(H,25,26)(H,27,28). The van der Waals surface area contributed by atoms with Crippen molar-refractivity contribution in [1.29, 1.82) is 0 Å². The van der Waals surface area contributed by atoms with E-state index < -0.39 is 0 Å². The van der Waals surface area contributed by atoms with Gasteiger partial charge in [-0.15, -0.1) is 0 Å². The van der Waals surface area contributed by atoms with Crippen LogP contribution in [0.4, 0.5) is 5.69 Å². The van der Waals surface area contributed by atoms with Crippen LogP contribution in [0.2, 0.25) is 0 Å². The van der Waals surface area contributed by atoms with Crippen molar-refractivity contribution in [3.05, 3.63) is 89.6 Å². The van der Waals surface area contributed by atoms with Crippen LogP contribution in [-0.4, -0.2) is 20.9 Å². The average Bonchev–Trinajstić information content (AvgIpc) is 3.44. The number of H-pyrrole nitrogens is 1. The van der Waals surface area contributed by atoms with Gasteiger partial charge in [0.1, 0.15) is 5.65 Å². The number of carbonyl (C=O) groups is 1. The largest absolute Gasteiger partial charge is 0.345 e. The number of aromatic amines is 1. The average molecular weight is 396 g/mol. The molecule has 0 radical (unpaired) electrons. The Morgan fingerprint density at radius 3 is 2.72 bits per heavy atom. The first kappa shape index (κ1) is 17.3. The summed E-state index contributed by atoms with van der Waals surface area (Å²) in [6.45, 7) is 0. The lowest BCUT2D eigenvalue weighted by molar-refractivity contribution is 0.102. The summed E-state index contributed by atoms with van der Waals surface area (Å²) in [5.74, 6) is -0.201.